The molecule has 2 aromatic rings. The van der Waals surface area contributed by atoms with Crippen molar-refractivity contribution in [3.63, 3.8) is 0 Å². The first-order chi connectivity index (χ1) is 9.19. The molecule has 1 aromatic carbocycles. The van der Waals surface area contributed by atoms with Crippen LogP contribution in [0.5, 0.6) is 0 Å². The van der Waals surface area contributed by atoms with Crippen molar-refractivity contribution in [2.24, 2.45) is 5.16 Å². The summed E-state index contributed by atoms with van der Waals surface area (Å²) in [5.41, 5.74) is 1.13. The lowest BCUT2D eigenvalue weighted by atomic mass is 10.1. The van der Waals surface area contributed by atoms with Crippen LogP contribution in [0.4, 0.5) is 4.39 Å². The molecule has 0 amide bonds. The van der Waals surface area contributed by atoms with Crippen LogP contribution in [0.3, 0.4) is 0 Å². The minimum Gasteiger partial charge on any atom is -0.411 e. The van der Waals surface area contributed by atoms with E-state index in [2.05, 4.69) is 5.16 Å². The van der Waals surface area contributed by atoms with Gasteiger partial charge in [0, 0.05) is 11.6 Å². The fraction of sp³-hybridized carbons (Fsp3) is 0.0714. The highest BCUT2D eigenvalue weighted by Gasteiger charge is 2.12. The van der Waals surface area contributed by atoms with E-state index in [-0.39, 0.29) is 18.1 Å². The predicted molar refractivity (Wildman–Crippen MR) is 66.7 cm³/mol. The molecule has 0 saturated heterocycles. The van der Waals surface area contributed by atoms with Gasteiger partial charge in [0.05, 0.1) is 11.8 Å². The van der Waals surface area contributed by atoms with Crippen molar-refractivity contribution in [1.29, 1.82) is 0 Å². The maximum absolute atomic E-state index is 12.8. The van der Waals surface area contributed by atoms with Crippen LogP contribution in [0, 0.1) is 5.82 Å². The summed E-state index contributed by atoms with van der Waals surface area (Å²) in [7, 11) is 0. The van der Waals surface area contributed by atoms with Gasteiger partial charge in [-0.1, -0.05) is 5.16 Å². The smallest absolute Gasteiger partial charge is 0.227 e. The van der Waals surface area contributed by atoms with Gasteiger partial charge < -0.3 is 5.21 Å². The number of ketones is 1. The van der Waals surface area contributed by atoms with E-state index >= 15 is 0 Å². The summed E-state index contributed by atoms with van der Waals surface area (Å²) in [4.78, 5) is 12.0. The molecule has 96 valence electrons. The zero-order valence-electron chi connectivity index (χ0n) is 10.0. The number of halogens is 1. The van der Waals surface area contributed by atoms with Crippen molar-refractivity contribution in [1.82, 2.24) is 0 Å². The standard InChI is InChI=1S/C14H11FN2O2/c15-13-5-3-12(4-6-13)14(18)10-17-7-1-2-11(9-17)8-16-19/h1-9H,10H2/p+1. The molecular weight excluding hydrogens is 247 g/mol. The lowest BCUT2D eigenvalue weighted by Gasteiger charge is -1.99. The van der Waals surface area contributed by atoms with Crippen LogP contribution >= 0.6 is 0 Å². The van der Waals surface area contributed by atoms with Crippen LogP contribution in [0.2, 0.25) is 0 Å². The van der Waals surface area contributed by atoms with E-state index in [0.29, 0.717) is 11.1 Å². The van der Waals surface area contributed by atoms with Crippen LogP contribution in [-0.2, 0) is 6.54 Å². The second kappa shape index (κ2) is 5.86. The first-order valence-electron chi connectivity index (χ1n) is 5.64. The molecule has 2 rings (SSSR count). The number of carbonyl (C=O) groups excluding carboxylic acids is 1. The van der Waals surface area contributed by atoms with E-state index in [0.717, 1.165) is 0 Å². The van der Waals surface area contributed by atoms with Crippen molar-refractivity contribution in [2.75, 3.05) is 0 Å². The highest BCUT2D eigenvalue weighted by atomic mass is 19.1. The molecule has 0 aliphatic rings. The van der Waals surface area contributed by atoms with E-state index < -0.39 is 0 Å². The number of pyridine rings is 1. The van der Waals surface area contributed by atoms with E-state index in [1.807, 2.05) is 0 Å². The zero-order valence-corrected chi connectivity index (χ0v) is 10.0. The third kappa shape index (κ3) is 3.45. The number of nitrogens with zero attached hydrogens (tertiary/aromatic N) is 2. The fourth-order valence-corrected chi connectivity index (χ4v) is 1.68. The largest absolute Gasteiger partial charge is 0.411 e. The molecule has 0 saturated carbocycles. The summed E-state index contributed by atoms with van der Waals surface area (Å²) in [5, 5.41) is 11.4. The number of rotatable bonds is 4. The Morgan fingerprint density at radius 2 is 2.05 bits per heavy atom. The van der Waals surface area contributed by atoms with Gasteiger partial charge in [-0.2, -0.15) is 4.57 Å². The van der Waals surface area contributed by atoms with Gasteiger partial charge in [0.1, 0.15) is 5.82 Å². The molecule has 1 N–H and O–H groups in total. The van der Waals surface area contributed by atoms with Gasteiger partial charge in [-0.15, -0.1) is 0 Å². The van der Waals surface area contributed by atoms with Gasteiger partial charge in [-0.3, -0.25) is 4.79 Å². The number of aromatic nitrogens is 1. The van der Waals surface area contributed by atoms with Crippen LogP contribution < -0.4 is 4.57 Å². The maximum atomic E-state index is 12.8. The third-order valence-electron chi connectivity index (χ3n) is 2.58. The van der Waals surface area contributed by atoms with Crippen molar-refractivity contribution in [2.45, 2.75) is 6.54 Å². The Kier molecular flexibility index (Phi) is 3.97. The van der Waals surface area contributed by atoms with E-state index in [4.69, 9.17) is 5.21 Å². The Bertz CT molecular complexity index is 609. The number of hydrogen-bond acceptors (Lipinski definition) is 3. The summed E-state index contributed by atoms with van der Waals surface area (Å²) < 4.78 is 14.4. The number of benzene rings is 1. The van der Waals surface area contributed by atoms with E-state index in [1.54, 1.807) is 29.1 Å². The van der Waals surface area contributed by atoms with Crippen LogP contribution in [0.25, 0.3) is 0 Å². The normalized spacial score (nSPS) is 10.8. The summed E-state index contributed by atoms with van der Waals surface area (Å²) >= 11 is 0. The Morgan fingerprint density at radius 3 is 2.74 bits per heavy atom. The molecule has 0 spiro atoms. The molecule has 0 aliphatic heterocycles. The molecule has 1 heterocycles. The second-order valence-electron chi connectivity index (χ2n) is 3.98. The van der Waals surface area contributed by atoms with Crippen molar-refractivity contribution in [3.8, 4) is 0 Å². The summed E-state index contributed by atoms with van der Waals surface area (Å²) in [5.74, 6) is -0.492. The summed E-state index contributed by atoms with van der Waals surface area (Å²) in [6.07, 6.45) is 4.69. The molecule has 5 heteroatoms. The SMILES string of the molecule is O=C(C[n+]1cccc(C=NO)c1)c1ccc(F)cc1. The first kappa shape index (κ1) is 12.9. The zero-order chi connectivity index (χ0) is 13.7. The molecule has 0 radical (unpaired) electrons. The lowest BCUT2D eigenvalue weighted by molar-refractivity contribution is -0.683. The van der Waals surface area contributed by atoms with Crippen LogP contribution in [0.15, 0.2) is 53.9 Å². The number of hydrogen-bond donors (Lipinski definition) is 1. The Morgan fingerprint density at radius 1 is 1.32 bits per heavy atom. The molecule has 0 bridgehead atoms. The Hall–Kier alpha value is -2.56. The van der Waals surface area contributed by atoms with Gasteiger partial charge in [0.2, 0.25) is 12.3 Å². The lowest BCUT2D eigenvalue weighted by Crippen LogP contribution is -2.37. The Labute approximate surface area is 109 Å². The molecule has 0 atom stereocenters. The molecule has 1 aromatic heterocycles. The molecule has 0 fully saturated rings. The van der Waals surface area contributed by atoms with Gasteiger partial charge in [0.15, 0.2) is 12.4 Å². The average molecular weight is 259 g/mol. The maximum Gasteiger partial charge on any atom is 0.227 e. The molecule has 4 nitrogen and oxygen atoms in total. The average Bonchev–Trinajstić information content (AvgIpc) is 2.40. The van der Waals surface area contributed by atoms with E-state index in [1.165, 1.54) is 30.5 Å². The minimum absolute atomic E-state index is 0.122. The number of carbonyl (C=O) groups is 1. The molecule has 0 aliphatic carbocycles. The molecular formula is C14H12FN2O2+. The van der Waals surface area contributed by atoms with Crippen molar-refractivity contribution >= 4 is 12.0 Å². The van der Waals surface area contributed by atoms with E-state index in [9.17, 15) is 9.18 Å². The highest BCUT2D eigenvalue weighted by Crippen LogP contribution is 2.03. The molecule has 19 heavy (non-hydrogen) atoms. The fourth-order valence-electron chi connectivity index (χ4n) is 1.68. The summed E-state index contributed by atoms with van der Waals surface area (Å²) in [6, 6.07) is 8.92. The van der Waals surface area contributed by atoms with Crippen LogP contribution in [-0.4, -0.2) is 17.2 Å². The van der Waals surface area contributed by atoms with Gasteiger partial charge in [0.25, 0.3) is 0 Å². The van der Waals surface area contributed by atoms with Gasteiger partial charge in [-0.05, 0) is 30.3 Å². The van der Waals surface area contributed by atoms with Gasteiger partial charge in [-0.25, -0.2) is 4.39 Å². The third-order valence-corrected chi connectivity index (χ3v) is 2.58. The topological polar surface area (TPSA) is 53.5 Å². The first-order valence-corrected chi connectivity index (χ1v) is 5.64. The summed E-state index contributed by atoms with van der Waals surface area (Å²) in [6.45, 7) is 0.138. The Balaban J connectivity index is 2.14. The predicted octanol–water partition coefficient (Wildman–Crippen LogP) is 1.80. The quantitative estimate of drug-likeness (QED) is 0.299. The van der Waals surface area contributed by atoms with Crippen molar-refractivity contribution in [3.05, 3.63) is 65.7 Å². The molecule has 0 unspecified atom stereocenters. The van der Waals surface area contributed by atoms with Crippen LogP contribution in [0.1, 0.15) is 15.9 Å². The number of oxime groups is 1. The monoisotopic (exact) mass is 259 g/mol. The number of Topliss-reactive ketones (excluding diaryl/α,β-unsaturated/α-hetero) is 1. The highest BCUT2D eigenvalue weighted by molar-refractivity contribution is 5.95. The minimum atomic E-state index is -0.370. The van der Waals surface area contributed by atoms with Crippen molar-refractivity contribution < 1.29 is 19.0 Å². The second-order valence-corrected chi connectivity index (χ2v) is 3.98. The van der Waals surface area contributed by atoms with Gasteiger partial charge >= 0.3 is 0 Å².